The Morgan fingerprint density at radius 3 is 2.54 bits per heavy atom. The van der Waals surface area contributed by atoms with Gasteiger partial charge in [-0.2, -0.15) is 0 Å². The standard InChI is InChI=1S/C24H33N3O/c1-24(2,3)25-15-20(28)16-26-12-13-27-22-11-7-5-9-19(22)14-18-8-4-6-10-21(18)23(27)17-26/h4-11,20,23,25,28H,12-17H2,1-3H3. The molecule has 0 radical (unpaired) electrons. The Balaban J connectivity index is 1.54. The van der Waals surface area contributed by atoms with Gasteiger partial charge in [0.25, 0.3) is 0 Å². The van der Waals surface area contributed by atoms with Crippen LogP contribution in [0.4, 0.5) is 5.69 Å². The molecule has 0 aromatic heterocycles. The lowest BCUT2D eigenvalue weighted by atomic mass is 9.96. The number of fused-ring (bicyclic) bond motifs is 5. The van der Waals surface area contributed by atoms with E-state index in [2.05, 4.69) is 84.4 Å². The maximum absolute atomic E-state index is 10.6. The summed E-state index contributed by atoms with van der Waals surface area (Å²) in [5, 5.41) is 14.0. The van der Waals surface area contributed by atoms with E-state index in [4.69, 9.17) is 0 Å². The van der Waals surface area contributed by atoms with E-state index >= 15 is 0 Å². The molecule has 2 heterocycles. The first-order chi connectivity index (χ1) is 13.4. The Morgan fingerprint density at radius 2 is 1.75 bits per heavy atom. The molecule has 2 N–H and O–H groups in total. The minimum atomic E-state index is -0.348. The van der Waals surface area contributed by atoms with Gasteiger partial charge in [0.15, 0.2) is 0 Å². The van der Waals surface area contributed by atoms with Crippen LogP contribution in [0.15, 0.2) is 48.5 Å². The number of hydrogen-bond donors (Lipinski definition) is 2. The van der Waals surface area contributed by atoms with Crippen LogP contribution in [-0.4, -0.2) is 54.4 Å². The van der Waals surface area contributed by atoms with Crippen LogP contribution < -0.4 is 10.2 Å². The van der Waals surface area contributed by atoms with Gasteiger partial charge < -0.3 is 15.3 Å². The third kappa shape index (κ3) is 4.24. The van der Waals surface area contributed by atoms with Gasteiger partial charge >= 0.3 is 0 Å². The fraction of sp³-hybridized carbons (Fsp3) is 0.500. The quantitative estimate of drug-likeness (QED) is 0.856. The number of aliphatic hydroxyl groups excluding tert-OH is 1. The Hall–Kier alpha value is -1.88. The Bertz CT molecular complexity index is 813. The van der Waals surface area contributed by atoms with Crippen LogP contribution in [0.1, 0.15) is 43.5 Å². The van der Waals surface area contributed by atoms with Crippen molar-refractivity contribution < 1.29 is 5.11 Å². The molecule has 28 heavy (non-hydrogen) atoms. The summed E-state index contributed by atoms with van der Waals surface area (Å²) in [6.45, 7) is 10.7. The summed E-state index contributed by atoms with van der Waals surface area (Å²) in [7, 11) is 0. The molecule has 0 spiro atoms. The highest BCUT2D eigenvalue weighted by molar-refractivity contribution is 5.60. The molecule has 1 saturated heterocycles. The highest BCUT2D eigenvalue weighted by atomic mass is 16.3. The molecule has 2 unspecified atom stereocenters. The highest BCUT2D eigenvalue weighted by Crippen LogP contribution is 2.39. The van der Waals surface area contributed by atoms with Crippen LogP contribution >= 0.6 is 0 Å². The highest BCUT2D eigenvalue weighted by Gasteiger charge is 2.33. The van der Waals surface area contributed by atoms with Crippen molar-refractivity contribution in [1.29, 1.82) is 0 Å². The van der Waals surface area contributed by atoms with Crippen molar-refractivity contribution in [2.24, 2.45) is 0 Å². The van der Waals surface area contributed by atoms with Gasteiger partial charge in [-0.25, -0.2) is 0 Å². The Kier molecular flexibility index (Phi) is 5.46. The fourth-order valence-electron chi connectivity index (χ4n) is 4.51. The topological polar surface area (TPSA) is 38.7 Å². The average Bonchev–Trinajstić information content (AvgIpc) is 2.80. The Labute approximate surface area is 169 Å². The molecule has 4 heteroatoms. The summed E-state index contributed by atoms with van der Waals surface area (Å²) in [6, 6.07) is 18.1. The number of anilines is 1. The van der Waals surface area contributed by atoms with Crippen molar-refractivity contribution >= 4 is 5.69 Å². The second-order valence-corrected chi connectivity index (χ2v) is 9.26. The molecule has 0 amide bonds. The summed E-state index contributed by atoms with van der Waals surface area (Å²) in [4.78, 5) is 5.01. The van der Waals surface area contributed by atoms with Crippen LogP contribution in [0.3, 0.4) is 0 Å². The first-order valence-electron chi connectivity index (χ1n) is 10.5. The lowest BCUT2D eigenvalue weighted by Crippen LogP contribution is -2.52. The van der Waals surface area contributed by atoms with Crippen molar-refractivity contribution in [3.63, 3.8) is 0 Å². The number of aliphatic hydroxyl groups is 1. The largest absolute Gasteiger partial charge is 0.390 e. The number of piperazine rings is 1. The molecule has 0 saturated carbocycles. The van der Waals surface area contributed by atoms with Crippen molar-refractivity contribution in [2.75, 3.05) is 37.6 Å². The zero-order chi connectivity index (χ0) is 19.7. The van der Waals surface area contributed by atoms with Crippen LogP contribution in [0.25, 0.3) is 0 Å². The Morgan fingerprint density at radius 1 is 1.04 bits per heavy atom. The van der Waals surface area contributed by atoms with E-state index < -0.39 is 0 Å². The molecule has 2 atom stereocenters. The van der Waals surface area contributed by atoms with E-state index in [0.29, 0.717) is 12.6 Å². The number of β-amino-alcohol motifs (C(OH)–C–C–N with tert-alkyl or cyclic N) is 1. The molecule has 1 fully saturated rings. The number of hydrogen-bond acceptors (Lipinski definition) is 4. The predicted molar refractivity (Wildman–Crippen MR) is 116 cm³/mol. The minimum absolute atomic E-state index is 0.0314. The molecule has 2 aromatic carbocycles. The van der Waals surface area contributed by atoms with Crippen molar-refractivity contribution in [3.8, 4) is 0 Å². The second kappa shape index (κ2) is 7.86. The van der Waals surface area contributed by atoms with Gasteiger partial charge in [0.05, 0.1) is 12.1 Å². The van der Waals surface area contributed by atoms with Gasteiger partial charge in [0.1, 0.15) is 0 Å². The van der Waals surface area contributed by atoms with Crippen molar-refractivity contribution in [3.05, 3.63) is 65.2 Å². The van der Waals surface area contributed by atoms with Crippen molar-refractivity contribution in [2.45, 2.75) is 44.9 Å². The van der Waals surface area contributed by atoms with Crippen LogP contribution in [0.2, 0.25) is 0 Å². The summed E-state index contributed by atoms with van der Waals surface area (Å²) < 4.78 is 0. The van der Waals surface area contributed by atoms with Crippen molar-refractivity contribution in [1.82, 2.24) is 10.2 Å². The SMILES string of the molecule is CC(C)(C)NCC(O)CN1CCN2c3ccccc3Cc3ccccc3C2C1. The van der Waals surface area contributed by atoms with Gasteiger partial charge in [-0.15, -0.1) is 0 Å². The minimum Gasteiger partial charge on any atom is -0.390 e. The lowest BCUT2D eigenvalue weighted by Gasteiger charge is -2.43. The van der Waals surface area contributed by atoms with Crippen LogP contribution in [0, 0.1) is 0 Å². The summed E-state index contributed by atoms with van der Waals surface area (Å²) >= 11 is 0. The first-order valence-corrected chi connectivity index (χ1v) is 10.5. The van der Waals surface area contributed by atoms with Gasteiger partial charge in [-0.3, -0.25) is 4.90 Å². The van der Waals surface area contributed by atoms with Gasteiger partial charge in [-0.05, 0) is 49.9 Å². The summed E-state index contributed by atoms with van der Waals surface area (Å²) in [5.41, 5.74) is 5.69. The fourth-order valence-corrected chi connectivity index (χ4v) is 4.51. The average molecular weight is 380 g/mol. The van der Waals surface area contributed by atoms with Gasteiger partial charge in [-0.1, -0.05) is 42.5 Å². The number of benzene rings is 2. The van der Waals surface area contributed by atoms with E-state index in [-0.39, 0.29) is 11.6 Å². The summed E-state index contributed by atoms with van der Waals surface area (Å²) in [6.07, 6.45) is 0.649. The predicted octanol–water partition coefficient (Wildman–Crippen LogP) is 3.20. The monoisotopic (exact) mass is 379 g/mol. The second-order valence-electron chi connectivity index (χ2n) is 9.26. The molecule has 0 bridgehead atoms. The maximum Gasteiger partial charge on any atom is 0.0791 e. The third-order valence-corrected chi connectivity index (χ3v) is 5.90. The number of nitrogens with one attached hydrogen (secondary N) is 1. The van der Waals surface area contributed by atoms with Gasteiger partial charge in [0, 0.05) is 44.0 Å². The van der Waals surface area contributed by atoms with E-state index in [1.165, 1.54) is 22.4 Å². The third-order valence-electron chi connectivity index (χ3n) is 5.90. The van der Waals surface area contributed by atoms with E-state index in [1.807, 2.05) is 0 Å². The normalized spacial score (nSPS) is 20.7. The molecule has 2 aromatic rings. The van der Waals surface area contributed by atoms with E-state index in [1.54, 1.807) is 0 Å². The molecule has 4 nitrogen and oxygen atoms in total. The van der Waals surface area contributed by atoms with E-state index in [0.717, 1.165) is 32.6 Å². The number of para-hydroxylation sites is 1. The molecule has 2 aliphatic heterocycles. The number of nitrogens with zero attached hydrogens (tertiary/aromatic N) is 2. The zero-order valence-electron chi connectivity index (χ0n) is 17.4. The molecule has 150 valence electrons. The van der Waals surface area contributed by atoms with Crippen LogP contribution in [0.5, 0.6) is 0 Å². The molecular formula is C24H33N3O. The lowest BCUT2D eigenvalue weighted by molar-refractivity contribution is 0.0942. The van der Waals surface area contributed by atoms with E-state index in [9.17, 15) is 5.11 Å². The molecular weight excluding hydrogens is 346 g/mol. The first kappa shape index (κ1) is 19.4. The van der Waals surface area contributed by atoms with Gasteiger partial charge in [0.2, 0.25) is 0 Å². The zero-order valence-corrected chi connectivity index (χ0v) is 17.4. The molecule has 4 rings (SSSR count). The smallest absolute Gasteiger partial charge is 0.0791 e. The number of rotatable bonds is 4. The molecule has 2 aliphatic rings. The molecule has 0 aliphatic carbocycles. The maximum atomic E-state index is 10.6. The summed E-state index contributed by atoms with van der Waals surface area (Å²) in [5.74, 6) is 0. The van der Waals surface area contributed by atoms with Crippen LogP contribution in [-0.2, 0) is 6.42 Å².